The van der Waals surface area contributed by atoms with Crippen LogP contribution < -0.4 is 0 Å². The highest BCUT2D eigenvalue weighted by Crippen LogP contribution is 2.65. The summed E-state index contributed by atoms with van der Waals surface area (Å²) in [6.07, 6.45) is 3.58. The average Bonchev–Trinajstić information content (AvgIpc) is 2.13. The molecule has 2 bridgehead atoms. The minimum absolute atomic E-state index is 0.0104. The Kier molecular flexibility index (Phi) is 1.26. The van der Waals surface area contributed by atoms with Crippen molar-refractivity contribution >= 4 is 0 Å². The van der Waals surface area contributed by atoms with Crippen LogP contribution in [-0.2, 0) is 0 Å². The highest BCUT2D eigenvalue weighted by atomic mass is 16.3. The van der Waals surface area contributed by atoms with E-state index in [2.05, 4.69) is 20.8 Å². The van der Waals surface area contributed by atoms with E-state index in [9.17, 15) is 5.11 Å². The van der Waals surface area contributed by atoms with E-state index in [1.165, 1.54) is 12.8 Å². The average molecular weight is 154 g/mol. The number of hydrogen-bond acceptors (Lipinski definition) is 1. The molecule has 0 spiro atoms. The largest absolute Gasteiger partial charge is 0.393 e. The standard InChI is InChI=1S/C10H18O/c1-9(2)7-4-5-10(9,3)6-8(7)11/h7-8,11H,4-6H2,1-3H3/t7-,8+,10+/m0/s1. The van der Waals surface area contributed by atoms with Gasteiger partial charge in [-0.05, 0) is 36.0 Å². The van der Waals surface area contributed by atoms with E-state index in [1.54, 1.807) is 0 Å². The molecule has 0 amide bonds. The van der Waals surface area contributed by atoms with Crippen molar-refractivity contribution < 1.29 is 5.11 Å². The molecule has 2 saturated carbocycles. The minimum Gasteiger partial charge on any atom is -0.393 e. The van der Waals surface area contributed by atoms with Crippen LogP contribution in [0.25, 0.3) is 0 Å². The van der Waals surface area contributed by atoms with E-state index >= 15 is 0 Å². The fraction of sp³-hybridized carbons (Fsp3) is 1.00. The summed E-state index contributed by atoms with van der Waals surface area (Å²) in [5.41, 5.74) is 0.809. The first-order valence-corrected chi connectivity index (χ1v) is 4.65. The van der Waals surface area contributed by atoms with Crippen molar-refractivity contribution in [1.29, 1.82) is 0 Å². The summed E-state index contributed by atoms with van der Waals surface area (Å²) >= 11 is 0. The molecule has 0 aromatic heterocycles. The highest BCUT2D eigenvalue weighted by molar-refractivity contribution is 5.09. The fourth-order valence-electron chi connectivity index (χ4n) is 3.25. The molecule has 2 rings (SSSR count). The topological polar surface area (TPSA) is 20.2 Å². The molecular weight excluding hydrogens is 136 g/mol. The maximum atomic E-state index is 9.72. The zero-order chi connectivity index (χ0) is 8.28. The van der Waals surface area contributed by atoms with Gasteiger partial charge in [0.25, 0.3) is 0 Å². The van der Waals surface area contributed by atoms with E-state index in [1.807, 2.05) is 0 Å². The number of rotatable bonds is 0. The zero-order valence-corrected chi connectivity index (χ0v) is 7.72. The van der Waals surface area contributed by atoms with Crippen LogP contribution >= 0.6 is 0 Å². The summed E-state index contributed by atoms with van der Waals surface area (Å²) in [6, 6.07) is 0. The van der Waals surface area contributed by atoms with Gasteiger partial charge in [-0.3, -0.25) is 0 Å². The van der Waals surface area contributed by atoms with Gasteiger partial charge in [0.2, 0.25) is 0 Å². The molecule has 0 unspecified atom stereocenters. The lowest BCUT2D eigenvalue weighted by Crippen LogP contribution is -2.26. The smallest absolute Gasteiger partial charge is 0.0579 e. The Hall–Kier alpha value is -0.0400. The molecule has 0 aromatic carbocycles. The van der Waals surface area contributed by atoms with E-state index < -0.39 is 0 Å². The summed E-state index contributed by atoms with van der Waals surface area (Å²) in [6.45, 7) is 6.98. The number of aliphatic hydroxyl groups is 1. The zero-order valence-electron chi connectivity index (χ0n) is 7.72. The summed E-state index contributed by atoms with van der Waals surface area (Å²) in [5.74, 6) is 0.576. The first kappa shape index (κ1) is 7.60. The van der Waals surface area contributed by atoms with Gasteiger partial charge in [0, 0.05) is 0 Å². The third kappa shape index (κ3) is 0.703. The second kappa shape index (κ2) is 1.82. The molecule has 2 aliphatic rings. The lowest BCUT2D eigenvalue weighted by molar-refractivity contribution is 0.0941. The molecule has 64 valence electrons. The predicted molar refractivity (Wildman–Crippen MR) is 45.2 cm³/mol. The third-order valence-electron chi connectivity index (χ3n) is 4.61. The van der Waals surface area contributed by atoms with Crippen LogP contribution in [0.3, 0.4) is 0 Å². The van der Waals surface area contributed by atoms with Gasteiger partial charge in [-0.1, -0.05) is 20.8 Å². The van der Waals surface area contributed by atoms with Gasteiger partial charge in [-0.2, -0.15) is 0 Å². The molecule has 1 nitrogen and oxygen atoms in total. The van der Waals surface area contributed by atoms with Gasteiger partial charge in [-0.15, -0.1) is 0 Å². The number of fused-ring (bicyclic) bond motifs is 2. The molecule has 2 fully saturated rings. The maximum absolute atomic E-state index is 9.72. The van der Waals surface area contributed by atoms with Crippen LogP contribution in [0.5, 0.6) is 0 Å². The first-order chi connectivity index (χ1) is 4.97. The molecular formula is C10H18O. The van der Waals surface area contributed by atoms with E-state index in [0.29, 0.717) is 16.7 Å². The molecule has 2 aliphatic carbocycles. The molecule has 11 heavy (non-hydrogen) atoms. The minimum atomic E-state index is -0.0104. The SMILES string of the molecule is CC1(C)[C@H]2CC[C@]1(C)C[C@H]2O. The second-order valence-electron chi connectivity index (χ2n) is 5.20. The lowest BCUT2D eigenvalue weighted by atomic mass is 9.71. The maximum Gasteiger partial charge on any atom is 0.0579 e. The molecule has 3 atom stereocenters. The Morgan fingerprint density at radius 1 is 1.27 bits per heavy atom. The van der Waals surface area contributed by atoms with Gasteiger partial charge >= 0.3 is 0 Å². The van der Waals surface area contributed by atoms with Crippen molar-refractivity contribution in [1.82, 2.24) is 0 Å². The van der Waals surface area contributed by atoms with Gasteiger partial charge in [-0.25, -0.2) is 0 Å². The summed E-state index contributed by atoms with van der Waals surface area (Å²) in [7, 11) is 0. The van der Waals surface area contributed by atoms with Crippen molar-refractivity contribution in [3.63, 3.8) is 0 Å². The summed E-state index contributed by atoms with van der Waals surface area (Å²) in [5, 5.41) is 9.72. The van der Waals surface area contributed by atoms with Crippen molar-refractivity contribution in [2.75, 3.05) is 0 Å². The Morgan fingerprint density at radius 3 is 2.09 bits per heavy atom. The van der Waals surface area contributed by atoms with Crippen LogP contribution in [0.1, 0.15) is 40.0 Å². The molecule has 0 aliphatic heterocycles. The van der Waals surface area contributed by atoms with E-state index in [-0.39, 0.29) is 6.10 Å². The molecule has 0 radical (unpaired) electrons. The van der Waals surface area contributed by atoms with Gasteiger partial charge in [0.05, 0.1) is 6.10 Å². The van der Waals surface area contributed by atoms with E-state index in [4.69, 9.17) is 0 Å². The molecule has 0 saturated heterocycles. The van der Waals surface area contributed by atoms with E-state index in [0.717, 1.165) is 6.42 Å². The highest BCUT2D eigenvalue weighted by Gasteiger charge is 2.59. The second-order valence-corrected chi connectivity index (χ2v) is 5.20. The van der Waals surface area contributed by atoms with Crippen molar-refractivity contribution in [3.05, 3.63) is 0 Å². The van der Waals surface area contributed by atoms with Gasteiger partial charge in [0.15, 0.2) is 0 Å². The van der Waals surface area contributed by atoms with Crippen LogP contribution in [0.4, 0.5) is 0 Å². The van der Waals surface area contributed by atoms with Gasteiger partial charge < -0.3 is 5.11 Å². The molecule has 0 heterocycles. The van der Waals surface area contributed by atoms with Crippen molar-refractivity contribution in [2.24, 2.45) is 16.7 Å². The molecule has 1 heteroatoms. The molecule has 0 aromatic rings. The fourth-order valence-corrected chi connectivity index (χ4v) is 3.25. The Morgan fingerprint density at radius 2 is 1.91 bits per heavy atom. The molecule has 1 N–H and O–H groups in total. The van der Waals surface area contributed by atoms with Crippen LogP contribution in [0.2, 0.25) is 0 Å². The summed E-state index contributed by atoms with van der Waals surface area (Å²) < 4.78 is 0. The Labute approximate surface area is 68.8 Å². The quantitative estimate of drug-likeness (QED) is 0.567. The lowest BCUT2D eigenvalue weighted by Gasteiger charge is -2.33. The monoisotopic (exact) mass is 154 g/mol. The first-order valence-electron chi connectivity index (χ1n) is 4.65. The number of hydrogen-bond donors (Lipinski definition) is 1. The Bertz CT molecular complexity index is 183. The van der Waals surface area contributed by atoms with Gasteiger partial charge in [0.1, 0.15) is 0 Å². The normalized spacial score (nSPS) is 53.5. The van der Waals surface area contributed by atoms with Crippen molar-refractivity contribution in [2.45, 2.75) is 46.1 Å². The third-order valence-corrected chi connectivity index (χ3v) is 4.61. The van der Waals surface area contributed by atoms with Crippen LogP contribution in [0, 0.1) is 16.7 Å². The van der Waals surface area contributed by atoms with Crippen LogP contribution in [0.15, 0.2) is 0 Å². The van der Waals surface area contributed by atoms with Crippen molar-refractivity contribution in [3.8, 4) is 0 Å². The number of aliphatic hydroxyl groups excluding tert-OH is 1. The predicted octanol–water partition coefficient (Wildman–Crippen LogP) is 2.19. The van der Waals surface area contributed by atoms with Crippen LogP contribution in [-0.4, -0.2) is 11.2 Å². The summed E-state index contributed by atoms with van der Waals surface area (Å²) in [4.78, 5) is 0. The Balaban J connectivity index is 2.37.